The Morgan fingerprint density at radius 3 is 2.69 bits per heavy atom. The summed E-state index contributed by atoms with van der Waals surface area (Å²) in [5.74, 6) is -0.245. The highest BCUT2D eigenvalue weighted by molar-refractivity contribution is 7.09. The van der Waals surface area contributed by atoms with Gasteiger partial charge in [0.1, 0.15) is 5.54 Å². The monoisotopic (exact) mass is 365 g/mol. The number of aromatic nitrogens is 1. The molecule has 0 saturated carbocycles. The standard InChI is InChI=1S/C20H19N3O2S/c1-3-17-21-14(12-26-17)11-23-18(24)20(2,22-19(23)25)16-10-6-8-13-7-4-5-9-15(13)16/h4-10,12H,3,11H2,1-2H3,(H,22,25). The summed E-state index contributed by atoms with van der Waals surface area (Å²) in [5, 5.41) is 7.81. The fourth-order valence-corrected chi connectivity index (χ4v) is 4.17. The molecule has 0 bridgehead atoms. The third-order valence-corrected chi connectivity index (χ3v) is 5.87. The Balaban J connectivity index is 1.71. The zero-order chi connectivity index (χ0) is 18.3. The molecule has 1 aliphatic heterocycles. The summed E-state index contributed by atoms with van der Waals surface area (Å²) in [6, 6.07) is 13.3. The minimum absolute atomic E-state index is 0.196. The van der Waals surface area contributed by atoms with Crippen molar-refractivity contribution in [2.75, 3.05) is 0 Å². The van der Waals surface area contributed by atoms with Crippen LogP contribution in [0.15, 0.2) is 47.8 Å². The highest BCUT2D eigenvalue weighted by Crippen LogP contribution is 2.34. The van der Waals surface area contributed by atoms with Gasteiger partial charge in [0.2, 0.25) is 0 Å². The zero-order valence-corrected chi connectivity index (χ0v) is 15.5. The third kappa shape index (κ3) is 2.57. The fraction of sp³-hybridized carbons (Fsp3) is 0.250. The number of benzene rings is 2. The number of rotatable bonds is 4. The number of thiazole rings is 1. The van der Waals surface area contributed by atoms with Gasteiger partial charge >= 0.3 is 6.03 Å². The summed E-state index contributed by atoms with van der Waals surface area (Å²) in [7, 11) is 0. The molecule has 3 amide bonds. The summed E-state index contributed by atoms with van der Waals surface area (Å²) in [4.78, 5) is 31.5. The van der Waals surface area contributed by atoms with Crippen LogP contribution in [0, 0.1) is 0 Å². The van der Waals surface area contributed by atoms with Crippen LogP contribution in [-0.2, 0) is 23.3 Å². The molecule has 26 heavy (non-hydrogen) atoms. The number of fused-ring (bicyclic) bond motifs is 1. The summed E-state index contributed by atoms with van der Waals surface area (Å²) in [5.41, 5.74) is 0.475. The number of urea groups is 1. The minimum atomic E-state index is -1.08. The van der Waals surface area contributed by atoms with E-state index in [0.29, 0.717) is 0 Å². The van der Waals surface area contributed by atoms with Gasteiger partial charge in [-0.3, -0.25) is 9.69 Å². The summed E-state index contributed by atoms with van der Waals surface area (Å²) < 4.78 is 0. The molecule has 132 valence electrons. The average Bonchev–Trinajstić information content (AvgIpc) is 3.20. The van der Waals surface area contributed by atoms with Gasteiger partial charge in [-0.1, -0.05) is 49.4 Å². The maximum Gasteiger partial charge on any atom is 0.325 e. The molecule has 3 aromatic rings. The number of carbonyl (C=O) groups excluding carboxylic acids is 2. The number of imide groups is 1. The van der Waals surface area contributed by atoms with Crippen LogP contribution in [0.2, 0.25) is 0 Å². The molecule has 4 rings (SSSR count). The second-order valence-electron chi connectivity index (χ2n) is 6.56. The predicted molar refractivity (Wildman–Crippen MR) is 102 cm³/mol. The molecule has 6 heteroatoms. The van der Waals surface area contributed by atoms with Gasteiger partial charge in [0.15, 0.2) is 0 Å². The van der Waals surface area contributed by atoms with Gasteiger partial charge in [0.05, 0.1) is 17.2 Å². The first-order valence-electron chi connectivity index (χ1n) is 8.58. The van der Waals surface area contributed by atoms with Crippen molar-refractivity contribution in [2.45, 2.75) is 32.4 Å². The fourth-order valence-electron chi connectivity index (χ4n) is 3.43. The Morgan fingerprint density at radius 2 is 1.92 bits per heavy atom. The van der Waals surface area contributed by atoms with Crippen LogP contribution in [0.25, 0.3) is 10.8 Å². The van der Waals surface area contributed by atoms with E-state index < -0.39 is 5.54 Å². The molecule has 1 aliphatic rings. The molecule has 0 radical (unpaired) electrons. The number of amides is 3. The zero-order valence-electron chi connectivity index (χ0n) is 14.7. The Kier molecular flexibility index (Phi) is 4.00. The van der Waals surface area contributed by atoms with E-state index in [1.165, 1.54) is 4.90 Å². The Morgan fingerprint density at radius 1 is 1.15 bits per heavy atom. The van der Waals surface area contributed by atoms with Crippen LogP contribution in [0.3, 0.4) is 0 Å². The molecular formula is C20H19N3O2S. The molecule has 1 atom stereocenters. The number of carbonyl (C=O) groups is 2. The quantitative estimate of drug-likeness (QED) is 0.715. The Hall–Kier alpha value is -2.73. The van der Waals surface area contributed by atoms with E-state index in [-0.39, 0.29) is 18.5 Å². The van der Waals surface area contributed by atoms with Crippen molar-refractivity contribution in [2.24, 2.45) is 0 Å². The van der Waals surface area contributed by atoms with Crippen molar-refractivity contribution in [3.05, 3.63) is 64.1 Å². The molecule has 5 nitrogen and oxygen atoms in total. The van der Waals surface area contributed by atoms with Crippen LogP contribution in [0.1, 0.15) is 30.1 Å². The highest BCUT2D eigenvalue weighted by atomic mass is 32.1. The van der Waals surface area contributed by atoms with Crippen molar-refractivity contribution >= 4 is 34.0 Å². The van der Waals surface area contributed by atoms with Gasteiger partial charge in [-0.05, 0) is 29.7 Å². The molecule has 0 aliphatic carbocycles. The third-order valence-electron chi connectivity index (χ3n) is 4.83. The first kappa shape index (κ1) is 16.7. The predicted octanol–water partition coefficient (Wildman–Crippen LogP) is 3.83. The maximum atomic E-state index is 13.2. The maximum absolute atomic E-state index is 13.2. The van der Waals surface area contributed by atoms with Crippen LogP contribution in [-0.4, -0.2) is 21.8 Å². The summed E-state index contributed by atoms with van der Waals surface area (Å²) >= 11 is 1.55. The van der Waals surface area contributed by atoms with Crippen molar-refractivity contribution in [1.29, 1.82) is 0 Å². The van der Waals surface area contributed by atoms with E-state index in [4.69, 9.17) is 0 Å². The summed E-state index contributed by atoms with van der Waals surface area (Å²) in [6.07, 6.45) is 0.846. The number of nitrogens with zero attached hydrogens (tertiary/aromatic N) is 2. The van der Waals surface area contributed by atoms with Crippen LogP contribution in [0.4, 0.5) is 4.79 Å². The van der Waals surface area contributed by atoms with Crippen molar-refractivity contribution < 1.29 is 9.59 Å². The van der Waals surface area contributed by atoms with Gasteiger partial charge in [-0.25, -0.2) is 9.78 Å². The van der Waals surface area contributed by atoms with Gasteiger partial charge in [0.25, 0.3) is 5.91 Å². The molecule has 1 N–H and O–H groups in total. The largest absolute Gasteiger partial charge is 0.325 e. The first-order valence-corrected chi connectivity index (χ1v) is 9.46. The average molecular weight is 365 g/mol. The van der Waals surface area contributed by atoms with E-state index in [2.05, 4.69) is 10.3 Å². The van der Waals surface area contributed by atoms with Crippen molar-refractivity contribution in [1.82, 2.24) is 15.2 Å². The van der Waals surface area contributed by atoms with Gasteiger partial charge in [-0.2, -0.15) is 0 Å². The van der Waals surface area contributed by atoms with Crippen LogP contribution >= 0.6 is 11.3 Å². The number of nitrogens with one attached hydrogen (secondary N) is 1. The lowest BCUT2D eigenvalue weighted by Crippen LogP contribution is -2.41. The normalized spacial score (nSPS) is 20.0. The lowest BCUT2D eigenvalue weighted by Gasteiger charge is -2.24. The molecule has 1 fully saturated rings. The smallest absolute Gasteiger partial charge is 0.319 e. The summed E-state index contributed by atoms with van der Waals surface area (Å²) in [6.45, 7) is 4.00. The minimum Gasteiger partial charge on any atom is -0.319 e. The Labute approximate surface area is 155 Å². The van der Waals surface area contributed by atoms with Gasteiger partial charge in [-0.15, -0.1) is 11.3 Å². The molecule has 2 heterocycles. The SMILES string of the molecule is CCc1nc(CN2C(=O)NC(C)(c3cccc4ccccc34)C2=O)cs1. The van der Waals surface area contributed by atoms with Crippen LogP contribution < -0.4 is 5.32 Å². The van der Waals surface area contributed by atoms with E-state index in [9.17, 15) is 9.59 Å². The van der Waals surface area contributed by atoms with E-state index in [0.717, 1.165) is 33.5 Å². The number of hydrogen-bond donors (Lipinski definition) is 1. The molecule has 1 aromatic heterocycles. The van der Waals surface area contributed by atoms with E-state index >= 15 is 0 Å². The van der Waals surface area contributed by atoms with Gasteiger partial charge < -0.3 is 5.32 Å². The first-order chi connectivity index (χ1) is 12.5. The number of aryl methyl sites for hydroxylation is 1. The molecule has 0 spiro atoms. The van der Waals surface area contributed by atoms with Crippen molar-refractivity contribution in [3.63, 3.8) is 0 Å². The second-order valence-corrected chi connectivity index (χ2v) is 7.50. The topological polar surface area (TPSA) is 62.3 Å². The van der Waals surface area contributed by atoms with Crippen LogP contribution in [0.5, 0.6) is 0 Å². The number of hydrogen-bond acceptors (Lipinski definition) is 4. The highest BCUT2D eigenvalue weighted by Gasteiger charge is 2.49. The lowest BCUT2D eigenvalue weighted by molar-refractivity contribution is -0.131. The molecule has 1 unspecified atom stereocenters. The van der Waals surface area contributed by atoms with E-state index in [1.54, 1.807) is 18.3 Å². The van der Waals surface area contributed by atoms with Gasteiger partial charge in [0, 0.05) is 5.38 Å². The molecule has 1 saturated heterocycles. The lowest BCUT2D eigenvalue weighted by atomic mass is 9.88. The van der Waals surface area contributed by atoms with E-state index in [1.807, 2.05) is 54.8 Å². The van der Waals surface area contributed by atoms with Crippen molar-refractivity contribution in [3.8, 4) is 0 Å². The molecular weight excluding hydrogens is 346 g/mol. The second kappa shape index (κ2) is 6.21. The Bertz CT molecular complexity index is 1010. The molecule has 2 aromatic carbocycles.